The average molecular weight is 391 g/mol. The van der Waals surface area contributed by atoms with Crippen molar-refractivity contribution in [3.63, 3.8) is 0 Å². The molecule has 2 saturated heterocycles. The second kappa shape index (κ2) is 9.75. The highest BCUT2D eigenvalue weighted by Crippen LogP contribution is 2.27. The van der Waals surface area contributed by atoms with Gasteiger partial charge in [-0.1, -0.05) is 6.92 Å². The van der Waals surface area contributed by atoms with Gasteiger partial charge in [0, 0.05) is 26.1 Å². The zero-order chi connectivity index (χ0) is 20.0. The van der Waals surface area contributed by atoms with Gasteiger partial charge in [0.05, 0.1) is 5.92 Å². The number of hydrogen-bond acceptors (Lipinski definition) is 3. The van der Waals surface area contributed by atoms with Crippen molar-refractivity contribution in [3.05, 3.63) is 0 Å². The summed E-state index contributed by atoms with van der Waals surface area (Å²) in [6, 6.07) is 0. The van der Waals surface area contributed by atoms with Gasteiger partial charge in [0.2, 0.25) is 11.8 Å². The lowest BCUT2D eigenvalue weighted by Crippen LogP contribution is -2.49. The molecule has 2 fully saturated rings. The van der Waals surface area contributed by atoms with Crippen LogP contribution in [-0.4, -0.2) is 67.1 Å². The van der Waals surface area contributed by atoms with Crippen molar-refractivity contribution in [2.45, 2.75) is 52.1 Å². The molecule has 0 aromatic carbocycles. The first-order valence-electron chi connectivity index (χ1n) is 10.0. The van der Waals surface area contributed by atoms with Crippen LogP contribution in [0.1, 0.15) is 46.0 Å². The summed E-state index contributed by atoms with van der Waals surface area (Å²) in [5.41, 5.74) is 0. The second-order valence-corrected chi connectivity index (χ2v) is 7.92. The summed E-state index contributed by atoms with van der Waals surface area (Å²) in [5, 5.41) is 3.32. The van der Waals surface area contributed by atoms with Crippen LogP contribution >= 0.6 is 0 Å². The Kier molecular flexibility index (Phi) is 7.94. The van der Waals surface area contributed by atoms with E-state index in [9.17, 15) is 22.8 Å². The van der Waals surface area contributed by atoms with Gasteiger partial charge in [-0.2, -0.15) is 13.2 Å². The van der Waals surface area contributed by atoms with Crippen molar-refractivity contribution in [2.24, 2.45) is 17.8 Å². The Morgan fingerprint density at radius 1 is 1.22 bits per heavy atom. The maximum atomic E-state index is 12.7. The Morgan fingerprint density at radius 3 is 2.48 bits per heavy atom. The van der Waals surface area contributed by atoms with Gasteiger partial charge < -0.3 is 15.1 Å². The minimum Gasteiger partial charge on any atom is -0.342 e. The molecule has 0 aromatic heterocycles. The SMILES string of the molecule is CCN(CC(F)(F)F)C(=O)C1CCCN(C(=O)CC(C)C2CCNCC2)C1. The molecule has 2 unspecified atom stereocenters. The number of halogens is 3. The highest BCUT2D eigenvalue weighted by Gasteiger charge is 2.37. The minimum atomic E-state index is -4.40. The normalized spacial score (nSPS) is 23.1. The number of hydrogen-bond donors (Lipinski definition) is 1. The van der Waals surface area contributed by atoms with Crippen LogP contribution in [0.5, 0.6) is 0 Å². The molecule has 5 nitrogen and oxygen atoms in total. The molecule has 2 atom stereocenters. The first kappa shape index (κ1) is 22.0. The molecule has 2 heterocycles. The first-order valence-corrected chi connectivity index (χ1v) is 10.0. The molecule has 2 aliphatic heterocycles. The molecule has 2 amide bonds. The Labute approximate surface area is 159 Å². The molecule has 0 saturated carbocycles. The van der Waals surface area contributed by atoms with E-state index in [1.54, 1.807) is 11.8 Å². The maximum Gasteiger partial charge on any atom is 0.406 e. The molecule has 0 aromatic rings. The fourth-order valence-corrected chi connectivity index (χ4v) is 4.21. The summed E-state index contributed by atoms with van der Waals surface area (Å²) in [6.07, 6.45) is -0.614. The molecule has 156 valence electrons. The van der Waals surface area contributed by atoms with E-state index in [-0.39, 0.29) is 24.9 Å². The highest BCUT2D eigenvalue weighted by molar-refractivity contribution is 5.81. The predicted octanol–water partition coefficient (Wildman–Crippen LogP) is 2.66. The molecular formula is C19H32F3N3O2. The summed E-state index contributed by atoms with van der Waals surface area (Å²) in [4.78, 5) is 27.8. The van der Waals surface area contributed by atoms with Crippen LogP contribution in [0.25, 0.3) is 0 Å². The van der Waals surface area contributed by atoms with Gasteiger partial charge in [0.1, 0.15) is 6.54 Å². The summed E-state index contributed by atoms with van der Waals surface area (Å²) in [7, 11) is 0. The van der Waals surface area contributed by atoms with E-state index in [2.05, 4.69) is 12.2 Å². The standard InChI is InChI=1S/C19H32F3N3O2/c1-3-24(13-19(20,21)22)18(27)16-5-4-10-25(12-16)17(26)11-14(2)15-6-8-23-9-7-15/h14-16,23H,3-13H2,1-2H3. The van der Waals surface area contributed by atoms with Crippen LogP contribution in [-0.2, 0) is 9.59 Å². The van der Waals surface area contributed by atoms with Crippen molar-refractivity contribution in [1.29, 1.82) is 0 Å². The van der Waals surface area contributed by atoms with Crippen LogP contribution in [0.2, 0.25) is 0 Å². The number of carbonyl (C=O) groups is 2. The maximum absolute atomic E-state index is 12.7. The van der Waals surface area contributed by atoms with Gasteiger partial charge in [0.25, 0.3) is 0 Å². The lowest BCUT2D eigenvalue weighted by atomic mass is 9.83. The summed E-state index contributed by atoms with van der Waals surface area (Å²) in [5.74, 6) is -0.178. The fraction of sp³-hybridized carbons (Fsp3) is 0.895. The van der Waals surface area contributed by atoms with Crippen molar-refractivity contribution in [2.75, 3.05) is 39.3 Å². The number of piperidine rings is 2. The Bertz CT molecular complexity index is 507. The van der Waals surface area contributed by atoms with E-state index < -0.39 is 24.5 Å². The summed E-state index contributed by atoms with van der Waals surface area (Å²) in [6.45, 7) is 5.25. The Balaban J connectivity index is 1.89. The number of rotatable bonds is 6. The molecule has 0 spiro atoms. The number of carbonyl (C=O) groups excluding carboxylic acids is 2. The van der Waals surface area contributed by atoms with E-state index >= 15 is 0 Å². The molecule has 2 rings (SSSR count). The molecule has 0 radical (unpaired) electrons. The van der Waals surface area contributed by atoms with Crippen LogP contribution < -0.4 is 5.32 Å². The first-order chi connectivity index (χ1) is 12.7. The van der Waals surface area contributed by atoms with E-state index in [0.717, 1.165) is 30.8 Å². The van der Waals surface area contributed by atoms with E-state index in [1.807, 2.05) is 0 Å². The lowest BCUT2D eigenvalue weighted by Gasteiger charge is -2.36. The van der Waals surface area contributed by atoms with Crippen molar-refractivity contribution >= 4 is 11.8 Å². The largest absolute Gasteiger partial charge is 0.406 e. The number of likely N-dealkylation sites (tertiary alicyclic amines) is 1. The van der Waals surface area contributed by atoms with Gasteiger partial charge in [0.15, 0.2) is 0 Å². The smallest absolute Gasteiger partial charge is 0.342 e. The van der Waals surface area contributed by atoms with E-state index in [1.165, 1.54) is 0 Å². The third-order valence-electron chi connectivity index (χ3n) is 5.87. The van der Waals surface area contributed by atoms with Gasteiger partial charge in [-0.05, 0) is 57.5 Å². The third kappa shape index (κ3) is 6.66. The Hall–Kier alpha value is -1.31. The quantitative estimate of drug-likeness (QED) is 0.757. The number of alkyl halides is 3. The molecule has 0 aliphatic carbocycles. The number of amides is 2. The summed E-state index contributed by atoms with van der Waals surface area (Å²) >= 11 is 0. The van der Waals surface area contributed by atoms with Crippen molar-refractivity contribution < 1.29 is 22.8 Å². The van der Waals surface area contributed by atoms with E-state index in [4.69, 9.17) is 0 Å². The van der Waals surface area contributed by atoms with Gasteiger partial charge in [-0.15, -0.1) is 0 Å². The minimum absolute atomic E-state index is 0.0234. The zero-order valence-electron chi connectivity index (χ0n) is 16.4. The number of nitrogens with zero attached hydrogens (tertiary/aromatic N) is 2. The average Bonchev–Trinajstić information content (AvgIpc) is 2.65. The zero-order valence-corrected chi connectivity index (χ0v) is 16.4. The summed E-state index contributed by atoms with van der Waals surface area (Å²) < 4.78 is 38.0. The van der Waals surface area contributed by atoms with Crippen molar-refractivity contribution in [1.82, 2.24) is 15.1 Å². The van der Waals surface area contributed by atoms with Crippen LogP contribution in [0.3, 0.4) is 0 Å². The molecule has 1 N–H and O–H groups in total. The highest BCUT2D eigenvalue weighted by atomic mass is 19.4. The van der Waals surface area contributed by atoms with Crippen LogP contribution in [0.4, 0.5) is 13.2 Å². The van der Waals surface area contributed by atoms with Gasteiger partial charge in [-0.25, -0.2) is 0 Å². The molecule has 2 aliphatic rings. The van der Waals surface area contributed by atoms with Crippen LogP contribution in [0.15, 0.2) is 0 Å². The second-order valence-electron chi connectivity index (χ2n) is 7.92. The van der Waals surface area contributed by atoms with Crippen molar-refractivity contribution in [3.8, 4) is 0 Å². The third-order valence-corrected chi connectivity index (χ3v) is 5.87. The molecular weight excluding hydrogens is 359 g/mol. The molecule has 8 heteroatoms. The van der Waals surface area contributed by atoms with E-state index in [0.29, 0.717) is 31.7 Å². The topological polar surface area (TPSA) is 52.7 Å². The molecule has 27 heavy (non-hydrogen) atoms. The predicted molar refractivity (Wildman–Crippen MR) is 97.0 cm³/mol. The van der Waals surface area contributed by atoms with Gasteiger partial charge >= 0.3 is 6.18 Å². The lowest BCUT2D eigenvalue weighted by molar-refractivity contribution is -0.164. The number of nitrogens with one attached hydrogen (secondary N) is 1. The fourth-order valence-electron chi connectivity index (χ4n) is 4.21. The molecule has 0 bridgehead atoms. The van der Waals surface area contributed by atoms with Gasteiger partial charge in [-0.3, -0.25) is 9.59 Å². The van der Waals surface area contributed by atoms with Crippen LogP contribution in [0, 0.1) is 17.8 Å². The monoisotopic (exact) mass is 391 g/mol. The Morgan fingerprint density at radius 2 is 1.89 bits per heavy atom.